The highest BCUT2D eigenvalue weighted by molar-refractivity contribution is 5.26. The fourth-order valence-electron chi connectivity index (χ4n) is 1.71. The predicted octanol–water partition coefficient (Wildman–Crippen LogP) is 3.16. The van der Waals surface area contributed by atoms with E-state index in [-0.39, 0.29) is 11.4 Å². The third-order valence-electron chi connectivity index (χ3n) is 2.62. The van der Waals surface area contributed by atoms with Gasteiger partial charge < -0.3 is 14.8 Å². The molecule has 0 saturated carbocycles. The highest BCUT2D eigenvalue weighted by atomic mass is 19.1. The zero-order chi connectivity index (χ0) is 15.9. The summed E-state index contributed by atoms with van der Waals surface area (Å²) >= 11 is 0. The number of rotatable bonds is 8. The maximum absolute atomic E-state index is 13.3. The van der Waals surface area contributed by atoms with Crippen LogP contribution < -0.4 is 10.1 Å². The highest BCUT2D eigenvalue weighted by Gasteiger charge is 2.11. The molecular formula is C16H27FN2O2. The van der Waals surface area contributed by atoms with Crippen molar-refractivity contribution in [3.8, 4) is 5.88 Å². The first-order valence-corrected chi connectivity index (χ1v) is 7.40. The first kappa shape index (κ1) is 17.9. The van der Waals surface area contributed by atoms with Gasteiger partial charge in [-0.3, -0.25) is 0 Å². The SMILES string of the molecule is CC(C)CNCc1cc(F)cnc1OCCOC(C)(C)C. The average molecular weight is 298 g/mol. The van der Waals surface area contributed by atoms with Crippen LogP contribution in [-0.4, -0.2) is 30.3 Å². The Morgan fingerprint density at radius 3 is 2.62 bits per heavy atom. The largest absolute Gasteiger partial charge is 0.475 e. The fourth-order valence-corrected chi connectivity index (χ4v) is 1.71. The van der Waals surface area contributed by atoms with Crippen LogP contribution in [0.2, 0.25) is 0 Å². The van der Waals surface area contributed by atoms with Gasteiger partial charge in [-0.25, -0.2) is 9.37 Å². The molecule has 0 aliphatic rings. The molecule has 0 radical (unpaired) electrons. The normalized spacial score (nSPS) is 12.0. The van der Waals surface area contributed by atoms with E-state index in [0.29, 0.717) is 31.6 Å². The molecular weight excluding hydrogens is 271 g/mol. The minimum absolute atomic E-state index is 0.193. The molecule has 0 aliphatic carbocycles. The smallest absolute Gasteiger partial charge is 0.218 e. The van der Waals surface area contributed by atoms with E-state index in [0.717, 1.165) is 12.1 Å². The number of aromatic nitrogens is 1. The van der Waals surface area contributed by atoms with Crippen molar-refractivity contribution in [2.24, 2.45) is 5.92 Å². The molecule has 0 aromatic carbocycles. The summed E-state index contributed by atoms with van der Waals surface area (Å²) < 4.78 is 24.5. The Bertz CT molecular complexity index is 431. The van der Waals surface area contributed by atoms with Crippen molar-refractivity contribution in [2.75, 3.05) is 19.8 Å². The lowest BCUT2D eigenvalue weighted by Crippen LogP contribution is -2.23. The minimum atomic E-state index is -0.352. The van der Waals surface area contributed by atoms with Crippen LogP contribution >= 0.6 is 0 Å². The van der Waals surface area contributed by atoms with Crippen molar-refractivity contribution in [1.82, 2.24) is 10.3 Å². The zero-order valence-electron chi connectivity index (χ0n) is 13.7. The van der Waals surface area contributed by atoms with E-state index in [9.17, 15) is 4.39 Å². The molecule has 0 saturated heterocycles. The molecule has 1 heterocycles. The van der Waals surface area contributed by atoms with Gasteiger partial charge in [0.2, 0.25) is 5.88 Å². The van der Waals surface area contributed by atoms with Crippen LogP contribution in [0.4, 0.5) is 4.39 Å². The van der Waals surface area contributed by atoms with Crippen LogP contribution in [0.15, 0.2) is 12.3 Å². The summed E-state index contributed by atoms with van der Waals surface area (Å²) in [6.45, 7) is 12.5. The maximum Gasteiger partial charge on any atom is 0.218 e. The Labute approximate surface area is 127 Å². The number of halogens is 1. The second-order valence-corrected chi connectivity index (χ2v) is 6.45. The van der Waals surface area contributed by atoms with Gasteiger partial charge >= 0.3 is 0 Å². The van der Waals surface area contributed by atoms with Gasteiger partial charge in [0.25, 0.3) is 0 Å². The number of ether oxygens (including phenoxy) is 2. The van der Waals surface area contributed by atoms with Gasteiger partial charge in [0.15, 0.2) is 0 Å². The molecule has 120 valence electrons. The van der Waals surface area contributed by atoms with Crippen LogP contribution in [0.1, 0.15) is 40.2 Å². The van der Waals surface area contributed by atoms with E-state index in [4.69, 9.17) is 9.47 Å². The van der Waals surface area contributed by atoms with Gasteiger partial charge in [-0.1, -0.05) is 13.8 Å². The highest BCUT2D eigenvalue weighted by Crippen LogP contribution is 2.16. The molecule has 1 N–H and O–H groups in total. The van der Waals surface area contributed by atoms with Gasteiger partial charge in [0.05, 0.1) is 18.4 Å². The standard InChI is InChI=1S/C16H27FN2O2/c1-12(2)9-18-10-13-8-14(17)11-19-15(13)20-6-7-21-16(3,4)5/h8,11-12,18H,6-7,9-10H2,1-5H3. The van der Waals surface area contributed by atoms with E-state index in [1.54, 1.807) is 0 Å². The van der Waals surface area contributed by atoms with Crippen molar-refractivity contribution in [3.63, 3.8) is 0 Å². The molecule has 1 rings (SSSR count). The molecule has 1 aromatic rings. The van der Waals surface area contributed by atoms with Crippen molar-refractivity contribution in [2.45, 2.75) is 46.8 Å². The number of pyridine rings is 1. The summed E-state index contributed by atoms with van der Waals surface area (Å²) in [6, 6.07) is 1.46. The number of hydrogen-bond acceptors (Lipinski definition) is 4. The fraction of sp³-hybridized carbons (Fsp3) is 0.688. The average Bonchev–Trinajstić information content (AvgIpc) is 2.35. The van der Waals surface area contributed by atoms with Gasteiger partial charge in [0.1, 0.15) is 12.4 Å². The van der Waals surface area contributed by atoms with Crippen molar-refractivity contribution in [3.05, 3.63) is 23.6 Å². The lowest BCUT2D eigenvalue weighted by molar-refractivity contribution is -0.0169. The number of nitrogens with zero attached hydrogens (tertiary/aromatic N) is 1. The van der Waals surface area contributed by atoms with Crippen LogP contribution in [-0.2, 0) is 11.3 Å². The molecule has 0 fully saturated rings. The van der Waals surface area contributed by atoms with E-state index in [1.165, 1.54) is 12.3 Å². The van der Waals surface area contributed by atoms with Crippen molar-refractivity contribution >= 4 is 0 Å². The summed E-state index contributed by atoms with van der Waals surface area (Å²) in [6.07, 6.45) is 1.17. The van der Waals surface area contributed by atoms with Crippen LogP contribution in [0.3, 0.4) is 0 Å². The molecule has 0 unspecified atom stereocenters. The zero-order valence-corrected chi connectivity index (χ0v) is 13.7. The van der Waals surface area contributed by atoms with Crippen LogP contribution in [0, 0.1) is 11.7 Å². The Kier molecular flexibility index (Phi) is 7.05. The second-order valence-electron chi connectivity index (χ2n) is 6.45. The quantitative estimate of drug-likeness (QED) is 0.749. The van der Waals surface area contributed by atoms with Crippen molar-refractivity contribution in [1.29, 1.82) is 0 Å². The predicted molar refractivity (Wildman–Crippen MR) is 81.9 cm³/mol. The van der Waals surface area contributed by atoms with Gasteiger partial charge in [-0.15, -0.1) is 0 Å². The Balaban J connectivity index is 2.52. The summed E-state index contributed by atoms with van der Waals surface area (Å²) in [5.74, 6) is 0.649. The minimum Gasteiger partial charge on any atom is -0.475 e. The third kappa shape index (κ3) is 7.97. The first-order valence-electron chi connectivity index (χ1n) is 7.40. The molecule has 1 aromatic heterocycles. The van der Waals surface area contributed by atoms with Crippen LogP contribution in [0.25, 0.3) is 0 Å². The molecule has 0 atom stereocenters. The Morgan fingerprint density at radius 1 is 1.29 bits per heavy atom. The van der Waals surface area contributed by atoms with E-state index >= 15 is 0 Å². The lowest BCUT2D eigenvalue weighted by atomic mass is 10.2. The van der Waals surface area contributed by atoms with E-state index in [2.05, 4.69) is 24.1 Å². The topological polar surface area (TPSA) is 43.4 Å². The summed E-state index contributed by atoms with van der Waals surface area (Å²) in [7, 11) is 0. The summed E-state index contributed by atoms with van der Waals surface area (Å²) in [5.41, 5.74) is 0.535. The molecule has 4 nitrogen and oxygen atoms in total. The molecule has 21 heavy (non-hydrogen) atoms. The van der Waals surface area contributed by atoms with E-state index in [1.807, 2.05) is 20.8 Å². The number of nitrogens with one attached hydrogen (secondary N) is 1. The second kappa shape index (κ2) is 8.29. The molecule has 0 aliphatic heterocycles. The van der Waals surface area contributed by atoms with E-state index < -0.39 is 0 Å². The van der Waals surface area contributed by atoms with Crippen LogP contribution in [0.5, 0.6) is 5.88 Å². The summed E-state index contributed by atoms with van der Waals surface area (Å²) in [5, 5.41) is 3.27. The molecule has 5 heteroatoms. The van der Waals surface area contributed by atoms with Gasteiger partial charge in [0, 0.05) is 12.1 Å². The Morgan fingerprint density at radius 2 is 2.00 bits per heavy atom. The summed E-state index contributed by atoms with van der Waals surface area (Å²) in [4.78, 5) is 4.02. The maximum atomic E-state index is 13.3. The monoisotopic (exact) mass is 298 g/mol. The van der Waals surface area contributed by atoms with Crippen molar-refractivity contribution < 1.29 is 13.9 Å². The van der Waals surface area contributed by atoms with Gasteiger partial charge in [-0.05, 0) is 39.3 Å². The Hall–Kier alpha value is -1.20. The number of hydrogen-bond donors (Lipinski definition) is 1. The molecule has 0 bridgehead atoms. The third-order valence-corrected chi connectivity index (χ3v) is 2.62. The van der Waals surface area contributed by atoms with Gasteiger partial charge in [-0.2, -0.15) is 0 Å². The molecule has 0 spiro atoms. The first-order chi connectivity index (χ1) is 9.78. The lowest BCUT2D eigenvalue weighted by Gasteiger charge is -2.19. The molecule has 0 amide bonds.